The first kappa shape index (κ1) is 17.7. The Morgan fingerprint density at radius 3 is 1.95 bits per heavy atom. The molecule has 4 nitrogen and oxygen atoms in total. The summed E-state index contributed by atoms with van der Waals surface area (Å²) in [6, 6.07) is 16.6. The van der Waals surface area contributed by atoms with E-state index in [2.05, 4.69) is 51.5 Å². The van der Waals surface area contributed by atoms with E-state index in [0.29, 0.717) is 5.75 Å². The van der Waals surface area contributed by atoms with Crippen molar-refractivity contribution in [2.45, 2.75) is 6.54 Å². The Labute approximate surface area is 132 Å². The van der Waals surface area contributed by atoms with Gasteiger partial charge in [-0.25, -0.2) is 0 Å². The summed E-state index contributed by atoms with van der Waals surface area (Å²) in [5.41, 5.74) is 1.56. The van der Waals surface area contributed by atoms with Gasteiger partial charge in [-0.05, 0) is 29.8 Å². The van der Waals surface area contributed by atoms with Crippen LogP contribution in [0.4, 0.5) is 0 Å². The highest BCUT2D eigenvalue weighted by molar-refractivity contribution is 5.85. The average Bonchev–Trinajstić information content (AvgIpc) is 2.47. The Morgan fingerprint density at radius 2 is 1.55 bits per heavy atom. The van der Waals surface area contributed by atoms with Crippen molar-refractivity contribution in [2.75, 3.05) is 28.3 Å². The van der Waals surface area contributed by atoms with Gasteiger partial charge in [-0.15, -0.1) is 0 Å². The van der Waals surface area contributed by atoms with Gasteiger partial charge in [0.2, 0.25) is 0 Å². The molecule has 4 heteroatoms. The van der Waals surface area contributed by atoms with Crippen LogP contribution >= 0.6 is 0 Å². The van der Waals surface area contributed by atoms with Crippen molar-refractivity contribution in [3.63, 3.8) is 0 Å². The number of ether oxygens (including phenoxy) is 1. The molecule has 0 atom stereocenters. The predicted octanol–water partition coefficient (Wildman–Crippen LogP) is 1.95. The summed E-state index contributed by atoms with van der Waals surface area (Å²) in [6.07, 6.45) is 0. The molecule has 0 amide bonds. The number of hydrogen-bond acceptors (Lipinski definition) is 3. The normalized spacial score (nSPS) is 10.4. The van der Waals surface area contributed by atoms with Gasteiger partial charge in [-0.3, -0.25) is 0 Å². The summed E-state index contributed by atoms with van der Waals surface area (Å²) in [7, 11) is 8.13. The first-order valence-electron chi connectivity index (χ1n) is 7.01. The molecule has 0 unspecified atom stereocenters. The van der Waals surface area contributed by atoms with Crippen LogP contribution in [-0.2, 0) is 6.54 Å². The zero-order valence-corrected chi connectivity index (χ0v) is 13.6. The number of carbonyl (C=O) groups excluding carboxylic acids is 1. The Balaban J connectivity index is 0.000000220. The van der Waals surface area contributed by atoms with Crippen LogP contribution < -0.4 is 9.84 Å². The predicted molar refractivity (Wildman–Crippen MR) is 85.5 cm³/mol. The van der Waals surface area contributed by atoms with Crippen LogP contribution in [0.3, 0.4) is 0 Å². The minimum Gasteiger partial charge on any atom is -0.545 e. The standard InChI is InChI=1S/C10H16N.C8H8O3/c1-11(2,3)9-10-7-5-4-6-8-10;1-11-7-4-2-6(3-5-7)8(9)10/h4-8H,9H2,1-3H3;2-5H,1H3,(H,9,10)/q+1;/p-1. The average molecular weight is 301 g/mol. The highest BCUT2D eigenvalue weighted by Gasteiger charge is 2.06. The fraction of sp³-hybridized carbons (Fsp3) is 0.278. The summed E-state index contributed by atoms with van der Waals surface area (Å²) in [6.45, 7) is 1.10. The van der Waals surface area contributed by atoms with Crippen LogP contribution in [0.2, 0.25) is 0 Å². The minimum absolute atomic E-state index is 0.158. The van der Waals surface area contributed by atoms with E-state index in [1.807, 2.05) is 0 Å². The number of benzene rings is 2. The van der Waals surface area contributed by atoms with Crippen LogP contribution in [-0.4, -0.2) is 38.7 Å². The quantitative estimate of drug-likeness (QED) is 0.811. The lowest BCUT2D eigenvalue weighted by molar-refractivity contribution is -0.884. The van der Waals surface area contributed by atoms with E-state index in [1.54, 1.807) is 12.1 Å². The molecule has 0 saturated carbocycles. The smallest absolute Gasteiger partial charge is 0.118 e. The summed E-state index contributed by atoms with van der Waals surface area (Å²) in [5.74, 6) is -0.539. The molecular weight excluding hydrogens is 278 g/mol. The van der Waals surface area contributed by atoms with E-state index in [1.165, 1.54) is 24.8 Å². The second-order valence-electron chi connectivity index (χ2n) is 5.95. The number of rotatable bonds is 4. The molecule has 0 aromatic heterocycles. The Kier molecular flexibility index (Phi) is 6.60. The molecule has 118 valence electrons. The van der Waals surface area contributed by atoms with Crippen molar-refractivity contribution in [3.05, 3.63) is 65.7 Å². The van der Waals surface area contributed by atoms with Crippen molar-refractivity contribution in [2.24, 2.45) is 0 Å². The molecule has 2 aromatic carbocycles. The first-order valence-corrected chi connectivity index (χ1v) is 7.01. The van der Waals surface area contributed by atoms with Crippen LogP contribution in [0, 0.1) is 0 Å². The fourth-order valence-corrected chi connectivity index (χ4v) is 1.86. The third kappa shape index (κ3) is 6.90. The molecule has 0 heterocycles. The van der Waals surface area contributed by atoms with Crippen molar-refractivity contribution in [1.82, 2.24) is 0 Å². The fourth-order valence-electron chi connectivity index (χ4n) is 1.86. The van der Waals surface area contributed by atoms with Crippen LogP contribution in [0.25, 0.3) is 0 Å². The van der Waals surface area contributed by atoms with Gasteiger partial charge >= 0.3 is 0 Å². The van der Waals surface area contributed by atoms with Crippen molar-refractivity contribution < 1.29 is 19.1 Å². The van der Waals surface area contributed by atoms with E-state index in [9.17, 15) is 9.90 Å². The molecule has 22 heavy (non-hydrogen) atoms. The molecule has 0 aliphatic heterocycles. The molecule has 0 radical (unpaired) electrons. The number of methoxy groups -OCH3 is 1. The summed E-state index contributed by atoms with van der Waals surface area (Å²) in [4.78, 5) is 10.2. The third-order valence-electron chi connectivity index (χ3n) is 2.83. The molecule has 0 aliphatic rings. The molecule has 0 spiro atoms. The summed E-state index contributed by atoms with van der Waals surface area (Å²) >= 11 is 0. The maximum atomic E-state index is 10.2. The highest BCUT2D eigenvalue weighted by Crippen LogP contribution is 2.10. The van der Waals surface area contributed by atoms with Gasteiger partial charge in [0, 0.05) is 5.56 Å². The minimum atomic E-state index is -1.17. The van der Waals surface area contributed by atoms with E-state index in [4.69, 9.17) is 4.74 Å². The Morgan fingerprint density at radius 1 is 1.00 bits per heavy atom. The summed E-state index contributed by atoms with van der Waals surface area (Å²) in [5, 5.41) is 10.2. The van der Waals surface area contributed by atoms with E-state index >= 15 is 0 Å². The van der Waals surface area contributed by atoms with Crippen LogP contribution in [0.1, 0.15) is 15.9 Å². The van der Waals surface area contributed by atoms with Gasteiger partial charge in [0.1, 0.15) is 12.3 Å². The van der Waals surface area contributed by atoms with Gasteiger partial charge < -0.3 is 19.1 Å². The van der Waals surface area contributed by atoms with Gasteiger partial charge in [0.05, 0.1) is 34.2 Å². The Bertz CT molecular complexity index is 572. The topological polar surface area (TPSA) is 49.4 Å². The number of carboxylic acids is 1. The lowest BCUT2D eigenvalue weighted by Gasteiger charge is -2.23. The van der Waals surface area contributed by atoms with Gasteiger partial charge in [-0.1, -0.05) is 30.3 Å². The number of nitrogens with zero attached hydrogens (tertiary/aromatic N) is 1. The molecule has 2 aromatic rings. The second-order valence-corrected chi connectivity index (χ2v) is 5.95. The SMILES string of the molecule is COc1ccc(C(=O)[O-])cc1.C[N+](C)(C)Cc1ccccc1. The van der Waals surface area contributed by atoms with Gasteiger partial charge in [-0.2, -0.15) is 0 Å². The van der Waals surface area contributed by atoms with Crippen molar-refractivity contribution in [3.8, 4) is 5.75 Å². The zero-order chi connectivity index (χ0) is 16.6. The third-order valence-corrected chi connectivity index (χ3v) is 2.83. The van der Waals surface area contributed by atoms with Crippen molar-refractivity contribution in [1.29, 1.82) is 0 Å². The monoisotopic (exact) mass is 301 g/mol. The second kappa shape index (κ2) is 8.20. The first-order chi connectivity index (χ1) is 10.3. The molecule has 2 rings (SSSR count). The van der Waals surface area contributed by atoms with Crippen LogP contribution in [0.15, 0.2) is 54.6 Å². The van der Waals surface area contributed by atoms with Gasteiger partial charge in [0.25, 0.3) is 0 Å². The summed E-state index contributed by atoms with van der Waals surface area (Å²) < 4.78 is 5.83. The van der Waals surface area contributed by atoms with E-state index in [0.717, 1.165) is 11.0 Å². The number of quaternary nitrogens is 1. The molecule has 0 saturated heterocycles. The van der Waals surface area contributed by atoms with Gasteiger partial charge in [0.15, 0.2) is 0 Å². The zero-order valence-electron chi connectivity index (χ0n) is 13.6. The maximum Gasteiger partial charge on any atom is 0.118 e. The van der Waals surface area contributed by atoms with E-state index in [-0.39, 0.29) is 5.56 Å². The molecule has 0 fully saturated rings. The largest absolute Gasteiger partial charge is 0.545 e. The lowest BCUT2D eigenvalue weighted by Crippen LogP contribution is -2.33. The highest BCUT2D eigenvalue weighted by atomic mass is 16.5. The molecular formula is C18H23NO3. The number of carbonyl (C=O) groups is 1. The molecule has 0 bridgehead atoms. The lowest BCUT2D eigenvalue weighted by atomic mass is 10.2. The Hall–Kier alpha value is -2.33. The number of aromatic carboxylic acids is 1. The number of carboxylic acid groups (broad SMARTS) is 1. The van der Waals surface area contributed by atoms with Crippen LogP contribution in [0.5, 0.6) is 5.75 Å². The van der Waals surface area contributed by atoms with Crippen molar-refractivity contribution >= 4 is 5.97 Å². The van der Waals surface area contributed by atoms with E-state index < -0.39 is 5.97 Å². The maximum absolute atomic E-state index is 10.2. The number of hydrogen-bond donors (Lipinski definition) is 0. The molecule has 0 N–H and O–H groups in total. The molecule has 0 aliphatic carbocycles.